The van der Waals surface area contributed by atoms with Gasteiger partial charge in [0.2, 0.25) is 0 Å². The number of halogens is 7. The van der Waals surface area contributed by atoms with E-state index in [9.17, 15) is 30.7 Å². The third-order valence-electron chi connectivity index (χ3n) is 1.57. The number of rotatable bonds is 2. The highest BCUT2D eigenvalue weighted by Crippen LogP contribution is 2.49. The summed E-state index contributed by atoms with van der Waals surface area (Å²) in [6.07, 6.45) is -1.95. The van der Waals surface area contributed by atoms with Crippen molar-refractivity contribution in [3.63, 3.8) is 0 Å². The molecule has 0 aromatic carbocycles. The molecule has 1 atom stereocenters. The highest BCUT2D eigenvalue weighted by atomic mass is 19.4. The predicted octanol–water partition coefficient (Wildman–Crippen LogP) is 3.09. The van der Waals surface area contributed by atoms with Crippen molar-refractivity contribution in [2.24, 2.45) is 5.92 Å². The number of terminal acetylenes is 1. The van der Waals surface area contributed by atoms with Crippen LogP contribution in [0.15, 0.2) is 0 Å². The molecule has 7 heteroatoms. The molecule has 0 amide bonds. The van der Waals surface area contributed by atoms with Gasteiger partial charge in [-0.25, -0.2) is 0 Å². The van der Waals surface area contributed by atoms with E-state index in [0.717, 1.165) is 5.92 Å². The molecule has 0 saturated carbocycles. The molecule has 0 radical (unpaired) electrons. The van der Waals surface area contributed by atoms with Gasteiger partial charge in [0.05, 0.1) is 5.92 Å². The van der Waals surface area contributed by atoms with Gasteiger partial charge in [0, 0.05) is 0 Å². The van der Waals surface area contributed by atoms with E-state index in [0.29, 0.717) is 6.92 Å². The van der Waals surface area contributed by atoms with Crippen LogP contribution in [0.2, 0.25) is 0 Å². The van der Waals surface area contributed by atoms with Crippen molar-refractivity contribution in [3.05, 3.63) is 0 Å². The topological polar surface area (TPSA) is 0 Å². The first kappa shape index (κ1) is 13.1. The molecule has 0 aliphatic rings. The van der Waals surface area contributed by atoms with Gasteiger partial charge in [-0.15, -0.1) is 6.42 Å². The monoisotopic (exact) mass is 222 g/mol. The first-order chi connectivity index (χ1) is 5.98. The highest BCUT2D eigenvalue weighted by Gasteiger charge is 2.74. The standard InChI is InChI=1S/C7H5F7/c1-3-4(2)5(8,9)6(10,11)7(12,13)14/h1,4H,2H3. The van der Waals surface area contributed by atoms with Crippen molar-refractivity contribution < 1.29 is 30.7 Å². The number of alkyl halides is 7. The molecule has 0 bridgehead atoms. The molecule has 0 saturated heterocycles. The van der Waals surface area contributed by atoms with Crippen molar-refractivity contribution in [1.29, 1.82) is 0 Å². The molecule has 0 aliphatic carbocycles. The van der Waals surface area contributed by atoms with Crippen LogP contribution in [-0.2, 0) is 0 Å². The van der Waals surface area contributed by atoms with Crippen LogP contribution in [0.25, 0.3) is 0 Å². The van der Waals surface area contributed by atoms with E-state index >= 15 is 0 Å². The molecule has 0 aliphatic heterocycles. The Morgan fingerprint density at radius 1 is 1.00 bits per heavy atom. The molecule has 0 heterocycles. The second-order valence-electron chi connectivity index (χ2n) is 2.58. The van der Waals surface area contributed by atoms with Crippen LogP contribution in [0.1, 0.15) is 6.92 Å². The lowest BCUT2D eigenvalue weighted by Crippen LogP contribution is -2.54. The fourth-order valence-electron chi connectivity index (χ4n) is 0.566. The van der Waals surface area contributed by atoms with Gasteiger partial charge < -0.3 is 0 Å². The molecule has 0 N–H and O–H groups in total. The Bertz CT molecular complexity index is 244. The van der Waals surface area contributed by atoms with Crippen LogP contribution in [0.5, 0.6) is 0 Å². The van der Waals surface area contributed by atoms with E-state index in [1.165, 1.54) is 0 Å². The van der Waals surface area contributed by atoms with Crippen LogP contribution < -0.4 is 0 Å². The zero-order chi connectivity index (χ0) is 11.8. The Morgan fingerprint density at radius 3 is 1.57 bits per heavy atom. The minimum Gasteiger partial charge on any atom is -0.198 e. The largest absolute Gasteiger partial charge is 0.459 e. The van der Waals surface area contributed by atoms with E-state index in [4.69, 9.17) is 0 Å². The maximum Gasteiger partial charge on any atom is 0.459 e. The molecular formula is C7H5F7. The summed E-state index contributed by atoms with van der Waals surface area (Å²) in [6.45, 7) is 0.416. The molecule has 0 rings (SSSR count). The fourth-order valence-corrected chi connectivity index (χ4v) is 0.566. The maximum absolute atomic E-state index is 12.5. The Morgan fingerprint density at radius 2 is 1.36 bits per heavy atom. The summed E-state index contributed by atoms with van der Waals surface area (Å²) in [7, 11) is 0. The minimum atomic E-state index is -6.32. The van der Waals surface area contributed by atoms with Gasteiger partial charge in [-0.3, -0.25) is 0 Å². The summed E-state index contributed by atoms with van der Waals surface area (Å²) in [5.74, 6) is -12.8. The van der Waals surface area contributed by atoms with Gasteiger partial charge >= 0.3 is 18.0 Å². The second-order valence-corrected chi connectivity index (χ2v) is 2.58. The smallest absolute Gasteiger partial charge is 0.198 e. The summed E-state index contributed by atoms with van der Waals surface area (Å²) >= 11 is 0. The van der Waals surface area contributed by atoms with Crippen LogP contribution >= 0.6 is 0 Å². The Labute approximate surface area is 75.1 Å². The summed E-state index contributed by atoms with van der Waals surface area (Å²) in [5.41, 5.74) is 0. The summed E-state index contributed by atoms with van der Waals surface area (Å²) in [4.78, 5) is 0. The summed E-state index contributed by atoms with van der Waals surface area (Å²) in [6, 6.07) is 0. The van der Waals surface area contributed by atoms with Crippen LogP contribution in [0.3, 0.4) is 0 Å². The molecule has 0 nitrogen and oxygen atoms in total. The summed E-state index contributed by atoms with van der Waals surface area (Å²) < 4.78 is 83.9. The lowest BCUT2D eigenvalue weighted by molar-refractivity contribution is -0.360. The van der Waals surface area contributed by atoms with Gasteiger partial charge in [-0.05, 0) is 6.92 Å². The van der Waals surface area contributed by atoms with Gasteiger partial charge in [-0.1, -0.05) is 5.92 Å². The Kier molecular flexibility index (Phi) is 3.11. The SMILES string of the molecule is C#CC(C)C(F)(F)C(F)(F)C(F)(F)F. The van der Waals surface area contributed by atoms with Crippen LogP contribution in [0.4, 0.5) is 30.7 Å². The first-order valence-electron chi connectivity index (χ1n) is 3.27. The average Bonchev–Trinajstić information content (AvgIpc) is 2.00. The molecule has 0 spiro atoms. The Hall–Kier alpha value is -0.930. The van der Waals surface area contributed by atoms with Crippen molar-refractivity contribution in [2.45, 2.75) is 24.9 Å². The zero-order valence-electron chi connectivity index (χ0n) is 6.80. The number of hydrogen-bond donors (Lipinski definition) is 0. The molecule has 0 aromatic heterocycles. The first-order valence-corrected chi connectivity index (χ1v) is 3.27. The summed E-state index contributed by atoms with van der Waals surface area (Å²) in [5, 5.41) is 0. The van der Waals surface area contributed by atoms with Crippen molar-refractivity contribution in [1.82, 2.24) is 0 Å². The molecular weight excluding hydrogens is 217 g/mol. The van der Waals surface area contributed by atoms with E-state index in [-0.39, 0.29) is 0 Å². The lowest BCUT2D eigenvalue weighted by atomic mass is 9.98. The Balaban J connectivity index is 5.20. The van der Waals surface area contributed by atoms with Crippen molar-refractivity contribution in [3.8, 4) is 12.3 Å². The average molecular weight is 222 g/mol. The zero-order valence-corrected chi connectivity index (χ0v) is 6.80. The molecule has 82 valence electrons. The highest BCUT2D eigenvalue weighted by molar-refractivity contribution is 5.05. The normalized spacial score (nSPS) is 16.2. The molecule has 1 unspecified atom stereocenters. The number of hydrogen-bond acceptors (Lipinski definition) is 0. The van der Waals surface area contributed by atoms with Gasteiger partial charge in [0.1, 0.15) is 0 Å². The quantitative estimate of drug-likeness (QED) is 0.497. The van der Waals surface area contributed by atoms with Gasteiger partial charge in [0.25, 0.3) is 0 Å². The molecule has 14 heavy (non-hydrogen) atoms. The fraction of sp³-hybridized carbons (Fsp3) is 0.714. The van der Waals surface area contributed by atoms with Gasteiger partial charge in [0.15, 0.2) is 0 Å². The van der Waals surface area contributed by atoms with Crippen LogP contribution in [0, 0.1) is 18.3 Å². The third-order valence-corrected chi connectivity index (χ3v) is 1.57. The van der Waals surface area contributed by atoms with E-state index in [1.54, 1.807) is 0 Å². The van der Waals surface area contributed by atoms with Crippen LogP contribution in [-0.4, -0.2) is 18.0 Å². The van der Waals surface area contributed by atoms with E-state index < -0.39 is 23.9 Å². The van der Waals surface area contributed by atoms with Crippen molar-refractivity contribution >= 4 is 0 Å². The minimum absolute atomic E-state index is 0.416. The van der Waals surface area contributed by atoms with E-state index in [2.05, 4.69) is 6.42 Å². The van der Waals surface area contributed by atoms with Gasteiger partial charge in [-0.2, -0.15) is 30.7 Å². The second kappa shape index (κ2) is 3.33. The predicted molar refractivity (Wildman–Crippen MR) is 33.9 cm³/mol. The maximum atomic E-state index is 12.5. The lowest BCUT2D eigenvalue weighted by Gasteiger charge is -2.30. The molecule has 0 fully saturated rings. The third kappa shape index (κ3) is 1.79. The van der Waals surface area contributed by atoms with E-state index in [1.807, 2.05) is 0 Å². The molecule has 0 aromatic rings. The van der Waals surface area contributed by atoms with Crippen molar-refractivity contribution in [2.75, 3.05) is 0 Å².